The lowest BCUT2D eigenvalue weighted by molar-refractivity contribution is -0.0412. The molecule has 118 valence electrons. The van der Waals surface area contributed by atoms with Gasteiger partial charge < -0.3 is 9.84 Å². The zero-order valence-electron chi connectivity index (χ0n) is 12.8. The third kappa shape index (κ3) is 3.45. The van der Waals surface area contributed by atoms with Crippen molar-refractivity contribution in [2.75, 3.05) is 26.2 Å². The second-order valence-corrected chi connectivity index (χ2v) is 5.93. The second-order valence-electron chi connectivity index (χ2n) is 5.93. The summed E-state index contributed by atoms with van der Waals surface area (Å²) in [6, 6.07) is 8.04. The van der Waals surface area contributed by atoms with Crippen molar-refractivity contribution < 1.29 is 9.84 Å². The van der Waals surface area contributed by atoms with Crippen molar-refractivity contribution in [1.82, 2.24) is 20.3 Å². The SMILES string of the molecule is Cc1cccc(OCCN2CCC[C@](O)(c3cn[nH]n3)C2)c1. The van der Waals surface area contributed by atoms with E-state index in [2.05, 4.69) is 33.3 Å². The quantitative estimate of drug-likeness (QED) is 0.875. The number of piperidine rings is 1. The van der Waals surface area contributed by atoms with Gasteiger partial charge in [0.2, 0.25) is 0 Å². The zero-order valence-corrected chi connectivity index (χ0v) is 12.8. The number of aromatic nitrogens is 3. The Morgan fingerprint density at radius 2 is 2.36 bits per heavy atom. The Morgan fingerprint density at radius 3 is 3.14 bits per heavy atom. The predicted octanol–water partition coefficient (Wildman–Crippen LogP) is 1.48. The summed E-state index contributed by atoms with van der Waals surface area (Å²) >= 11 is 0. The first-order valence-electron chi connectivity index (χ1n) is 7.66. The molecule has 2 N–H and O–H groups in total. The van der Waals surface area contributed by atoms with E-state index in [1.807, 2.05) is 18.2 Å². The maximum atomic E-state index is 10.7. The van der Waals surface area contributed by atoms with E-state index in [1.165, 1.54) is 5.56 Å². The van der Waals surface area contributed by atoms with Crippen molar-refractivity contribution in [1.29, 1.82) is 0 Å². The minimum atomic E-state index is -0.908. The Hall–Kier alpha value is -1.92. The normalized spacial score (nSPS) is 22.6. The molecule has 1 aliphatic rings. The number of aliphatic hydroxyl groups is 1. The standard InChI is InChI=1S/C16H22N4O2/c1-13-4-2-5-14(10-13)22-9-8-20-7-3-6-16(21,12-20)15-11-17-19-18-15/h2,4-5,10-11,21H,3,6-9,12H2,1H3,(H,17,18,19)/t16-/m1/s1. The average molecular weight is 302 g/mol. The lowest BCUT2D eigenvalue weighted by Gasteiger charge is -2.37. The minimum Gasteiger partial charge on any atom is -0.492 e. The summed E-state index contributed by atoms with van der Waals surface area (Å²) in [5, 5.41) is 21.2. The van der Waals surface area contributed by atoms with Crippen LogP contribution in [0.3, 0.4) is 0 Å². The molecule has 3 rings (SSSR count). The van der Waals surface area contributed by atoms with Crippen molar-refractivity contribution in [2.24, 2.45) is 0 Å². The molecule has 6 heteroatoms. The molecule has 1 aromatic heterocycles. The Morgan fingerprint density at radius 1 is 1.45 bits per heavy atom. The van der Waals surface area contributed by atoms with Crippen molar-refractivity contribution in [3.63, 3.8) is 0 Å². The van der Waals surface area contributed by atoms with E-state index < -0.39 is 5.60 Å². The summed E-state index contributed by atoms with van der Waals surface area (Å²) in [5.41, 5.74) is 0.905. The van der Waals surface area contributed by atoms with Gasteiger partial charge in [0.15, 0.2) is 0 Å². The summed E-state index contributed by atoms with van der Waals surface area (Å²) in [4.78, 5) is 2.22. The topological polar surface area (TPSA) is 74.3 Å². The number of benzene rings is 1. The average Bonchev–Trinajstić information content (AvgIpc) is 3.02. The van der Waals surface area contributed by atoms with Crippen LogP contribution in [0.4, 0.5) is 0 Å². The summed E-state index contributed by atoms with van der Waals surface area (Å²) in [6.07, 6.45) is 3.26. The summed E-state index contributed by atoms with van der Waals surface area (Å²) in [5.74, 6) is 0.892. The first-order valence-corrected chi connectivity index (χ1v) is 7.66. The Kier molecular flexibility index (Phi) is 4.40. The smallest absolute Gasteiger partial charge is 0.123 e. The largest absolute Gasteiger partial charge is 0.492 e. The fourth-order valence-electron chi connectivity index (χ4n) is 2.95. The third-order valence-corrected chi connectivity index (χ3v) is 4.11. The summed E-state index contributed by atoms with van der Waals surface area (Å²) < 4.78 is 5.79. The van der Waals surface area contributed by atoms with Crippen molar-refractivity contribution in [2.45, 2.75) is 25.4 Å². The molecular formula is C16H22N4O2. The minimum absolute atomic E-state index is 0.566. The van der Waals surface area contributed by atoms with Crippen LogP contribution in [0.5, 0.6) is 5.75 Å². The van der Waals surface area contributed by atoms with Crippen LogP contribution in [0.15, 0.2) is 30.5 Å². The van der Waals surface area contributed by atoms with Gasteiger partial charge in [0.1, 0.15) is 23.7 Å². The molecule has 0 aliphatic carbocycles. The van der Waals surface area contributed by atoms with Gasteiger partial charge in [0.05, 0.1) is 6.20 Å². The molecule has 0 amide bonds. The number of nitrogens with one attached hydrogen (secondary N) is 1. The van der Waals surface area contributed by atoms with E-state index in [4.69, 9.17) is 4.74 Å². The maximum absolute atomic E-state index is 10.7. The van der Waals surface area contributed by atoms with E-state index in [1.54, 1.807) is 6.20 Å². The molecule has 0 radical (unpaired) electrons. The van der Waals surface area contributed by atoms with Crippen LogP contribution in [-0.2, 0) is 5.60 Å². The highest BCUT2D eigenvalue weighted by molar-refractivity contribution is 5.27. The highest BCUT2D eigenvalue weighted by atomic mass is 16.5. The lowest BCUT2D eigenvalue weighted by Crippen LogP contribution is -2.47. The number of H-pyrrole nitrogens is 1. The second kappa shape index (κ2) is 6.46. The maximum Gasteiger partial charge on any atom is 0.123 e. The Labute approximate surface area is 130 Å². The summed E-state index contributed by atoms with van der Waals surface area (Å²) in [6.45, 7) is 4.98. The number of likely N-dealkylation sites (tertiary alicyclic amines) is 1. The lowest BCUT2D eigenvalue weighted by atomic mass is 9.90. The molecule has 1 atom stereocenters. The van der Waals surface area contributed by atoms with Gasteiger partial charge in [-0.25, -0.2) is 0 Å². The monoisotopic (exact) mass is 302 g/mol. The Balaban J connectivity index is 1.53. The molecule has 2 aromatic rings. The van der Waals surface area contributed by atoms with Gasteiger partial charge in [-0.05, 0) is 44.0 Å². The molecular weight excluding hydrogens is 280 g/mol. The number of aryl methyl sites for hydroxylation is 1. The van der Waals surface area contributed by atoms with Gasteiger partial charge in [0, 0.05) is 13.1 Å². The molecule has 0 spiro atoms. The van der Waals surface area contributed by atoms with Gasteiger partial charge in [0.25, 0.3) is 0 Å². The molecule has 1 fully saturated rings. The molecule has 0 unspecified atom stereocenters. The predicted molar refractivity (Wildman–Crippen MR) is 82.6 cm³/mol. The molecule has 0 saturated carbocycles. The molecule has 22 heavy (non-hydrogen) atoms. The first kappa shape index (κ1) is 15.0. The molecule has 1 aromatic carbocycles. The zero-order chi connectivity index (χ0) is 15.4. The van der Waals surface area contributed by atoms with Gasteiger partial charge >= 0.3 is 0 Å². The van der Waals surface area contributed by atoms with Crippen LogP contribution in [0.2, 0.25) is 0 Å². The van der Waals surface area contributed by atoms with Crippen LogP contribution in [0.1, 0.15) is 24.1 Å². The van der Waals surface area contributed by atoms with Gasteiger partial charge in [-0.1, -0.05) is 12.1 Å². The van der Waals surface area contributed by atoms with Crippen LogP contribution < -0.4 is 4.74 Å². The van der Waals surface area contributed by atoms with E-state index in [9.17, 15) is 5.11 Å². The number of aromatic amines is 1. The van der Waals surface area contributed by atoms with E-state index in [-0.39, 0.29) is 0 Å². The van der Waals surface area contributed by atoms with Crippen LogP contribution in [-0.4, -0.2) is 51.7 Å². The van der Waals surface area contributed by atoms with Crippen LogP contribution >= 0.6 is 0 Å². The van der Waals surface area contributed by atoms with Crippen molar-refractivity contribution >= 4 is 0 Å². The Bertz CT molecular complexity index is 602. The van der Waals surface area contributed by atoms with E-state index in [0.717, 1.165) is 31.7 Å². The van der Waals surface area contributed by atoms with Crippen LogP contribution in [0, 0.1) is 6.92 Å². The fourth-order valence-corrected chi connectivity index (χ4v) is 2.95. The number of rotatable bonds is 5. The number of β-amino-alcohol motifs (C(OH)–C–C–N with tert-alkyl or cyclic N) is 1. The van der Waals surface area contributed by atoms with E-state index >= 15 is 0 Å². The molecule has 1 aliphatic heterocycles. The highest BCUT2D eigenvalue weighted by Gasteiger charge is 2.36. The third-order valence-electron chi connectivity index (χ3n) is 4.11. The number of ether oxygens (including phenoxy) is 1. The molecule has 6 nitrogen and oxygen atoms in total. The van der Waals surface area contributed by atoms with Crippen molar-refractivity contribution in [3.05, 3.63) is 41.7 Å². The number of hydrogen-bond donors (Lipinski definition) is 2. The van der Waals surface area contributed by atoms with Gasteiger partial charge in [-0.3, -0.25) is 4.90 Å². The summed E-state index contributed by atoms with van der Waals surface area (Å²) in [7, 11) is 0. The first-order chi connectivity index (χ1) is 10.7. The van der Waals surface area contributed by atoms with Crippen LogP contribution in [0.25, 0.3) is 0 Å². The van der Waals surface area contributed by atoms with E-state index in [0.29, 0.717) is 18.8 Å². The fraction of sp³-hybridized carbons (Fsp3) is 0.500. The number of nitrogens with zero attached hydrogens (tertiary/aromatic N) is 3. The molecule has 1 saturated heterocycles. The van der Waals surface area contributed by atoms with Gasteiger partial charge in [-0.15, -0.1) is 0 Å². The number of hydrogen-bond acceptors (Lipinski definition) is 5. The highest BCUT2D eigenvalue weighted by Crippen LogP contribution is 2.29. The molecule has 0 bridgehead atoms. The van der Waals surface area contributed by atoms with Crippen molar-refractivity contribution in [3.8, 4) is 5.75 Å². The molecule has 2 heterocycles. The van der Waals surface area contributed by atoms with Gasteiger partial charge in [-0.2, -0.15) is 15.4 Å².